The third kappa shape index (κ3) is 2.29. The van der Waals surface area contributed by atoms with Crippen LogP contribution in [0.3, 0.4) is 0 Å². The van der Waals surface area contributed by atoms with E-state index in [0.29, 0.717) is 16.6 Å². The van der Waals surface area contributed by atoms with Gasteiger partial charge in [-0.1, -0.05) is 21.1 Å². The third-order valence-corrected chi connectivity index (χ3v) is 2.19. The molecule has 0 atom stereocenters. The Morgan fingerprint density at radius 2 is 2.07 bits per heavy atom. The van der Waals surface area contributed by atoms with Crippen LogP contribution in [0.25, 0.3) is 0 Å². The lowest BCUT2D eigenvalue weighted by Gasteiger charge is -1.99. The van der Waals surface area contributed by atoms with Crippen molar-refractivity contribution in [3.05, 3.63) is 39.9 Å². The molecule has 0 saturated carbocycles. The highest BCUT2D eigenvalue weighted by molar-refractivity contribution is 9.09. The van der Waals surface area contributed by atoms with Crippen LogP contribution in [0.5, 0.6) is 0 Å². The van der Waals surface area contributed by atoms with E-state index in [9.17, 15) is 10.1 Å². The molecular weight excluding hydrogens is 252 g/mol. The van der Waals surface area contributed by atoms with Crippen LogP contribution in [0.1, 0.15) is 5.56 Å². The molecule has 6 heteroatoms. The Kier molecular flexibility index (Phi) is 3.58. The summed E-state index contributed by atoms with van der Waals surface area (Å²) in [6.45, 7) is 0. The van der Waals surface area contributed by atoms with Gasteiger partial charge < -0.3 is 5.21 Å². The minimum absolute atomic E-state index is 0.0145. The minimum Gasteiger partial charge on any atom is -0.411 e. The number of nitrogens with zero attached hydrogens (tertiary/aromatic N) is 2. The zero-order chi connectivity index (χ0) is 10.6. The molecular formula is C8H7BrN2O3. The first-order valence-corrected chi connectivity index (χ1v) is 4.83. The van der Waals surface area contributed by atoms with Crippen molar-refractivity contribution in [2.75, 3.05) is 5.33 Å². The predicted molar refractivity (Wildman–Crippen MR) is 55.2 cm³/mol. The molecule has 74 valence electrons. The molecule has 1 rings (SSSR count). The largest absolute Gasteiger partial charge is 0.411 e. The van der Waals surface area contributed by atoms with Gasteiger partial charge in [-0.05, 0) is 12.1 Å². The van der Waals surface area contributed by atoms with Crippen molar-refractivity contribution in [3.8, 4) is 0 Å². The van der Waals surface area contributed by atoms with Gasteiger partial charge in [0.25, 0.3) is 5.69 Å². The second-order valence-corrected chi connectivity index (χ2v) is 3.05. The van der Waals surface area contributed by atoms with Crippen LogP contribution in [0.2, 0.25) is 0 Å². The van der Waals surface area contributed by atoms with Gasteiger partial charge in [0, 0.05) is 23.0 Å². The highest BCUT2D eigenvalue weighted by Gasteiger charge is 2.07. The van der Waals surface area contributed by atoms with Crippen LogP contribution in [0.4, 0.5) is 5.69 Å². The van der Waals surface area contributed by atoms with Crippen LogP contribution < -0.4 is 0 Å². The number of nitro benzene ring substituents is 1. The first kappa shape index (κ1) is 10.6. The summed E-state index contributed by atoms with van der Waals surface area (Å²) in [5, 5.41) is 22.4. The van der Waals surface area contributed by atoms with Crippen molar-refractivity contribution in [1.29, 1.82) is 0 Å². The molecule has 1 aromatic rings. The van der Waals surface area contributed by atoms with Gasteiger partial charge in [-0.3, -0.25) is 10.1 Å². The number of nitro groups is 1. The molecule has 5 nitrogen and oxygen atoms in total. The monoisotopic (exact) mass is 258 g/mol. The molecule has 0 fully saturated rings. The molecule has 0 aliphatic carbocycles. The summed E-state index contributed by atoms with van der Waals surface area (Å²) in [4.78, 5) is 9.86. The first-order valence-electron chi connectivity index (χ1n) is 3.70. The van der Waals surface area contributed by atoms with Crippen molar-refractivity contribution in [2.45, 2.75) is 0 Å². The van der Waals surface area contributed by atoms with E-state index in [2.05, 4.69) is 21.1 Å². The molecule has 1 N–H and O–H groups in total. The number of rotatable bonds is 3. The standard InChI is InChI=1S/C8H7BrN2O3/c9-5-8(10-12)6-1-3-7(4-2-6)11(13)14/h1-4,12H,5H2. The van der Waals surface area contributed by atoms with Gasteiger partial charge in [0.1, 0.15) is 0 Å². The van der Waals surface area contributed by atoms with Crippen LogP contribution in [0, 0.1) is 10.1 Å². The molecule has 0 saturated heterocycles. The van der Waals surface area contributed by atoms with Gasteiger partial charge in [-0.15, -0.1) is 0 Å². The molecule has 14 heavy (non-hydrogen) atoms. The maximum absolute atomic E-state index is 10.3. The smallest absolute Gasteiger partial charge is 0.269 e. The SMILES string of the molecule is O=[N+]([O-])c1ccc(C(CBr)=NO)cc1. The number of alkyl halides is 1. The molecule has 1 aromatic carbocycles. The van der Waals surface area contributed by atoms with E-state index in [4.69, 9.17) is 5.21 Å². The van der Waals surface area contributed by atoms with Crippen molar-refractivity contribution >= 4 is 27.3 Å². The summed E-state index contributed by atoms with van der Waals surface area (Å²) in [5.41, 5.74) is 1.09. The number of non-ortho nitro benzene ring substituents is 1. The van der Waals surface area contributed by atoms with Crippen LogP contribution in [0.15, 0.2) is 29.4 Å². The minimum atomic E-state index is -0.478. The topological polar surface area (TPSA) is 75.7 Å². The van der Waals surface area contributed by atoms with Gasteiger partial charge in [-0.25, -0.2) is 0 Å². The predicted octanol–water partition coefficient (Wildman–Crippen LogP) is 2.17. The van der Waals surface area contributed by atoms with Crippen molar-refractivity contribution < 1.29 is 10.1 Å². The summed E-state index contributed by atoms with van der Waals surface area (Å²) >= 11 is 3.14. The van der Waals surface area contributed by atoms with E-state index in [1.807, 2.05) is 0 Å². The molecule has 0 radical (unpaired) electrons. The quantitative estimate of drug-likeness (QED) is 0.297. The fourth-order valence-corrected chi connectivity index (χ4v) is 1.37. The zero-order valence-electron chi connectivity index (χ0n) is 7.05. The zero-order valence-corrected chi connectivity index (χ0v) is 8.64. The van der Waals surface area contributed by atoms with Gasteiger partial charge in [0.2, 0.25) is 0 Å². The maximum atomic E-state index is 10.3. The van der Waals surface area contributed by atoms with E-state index in [1.54, 1.807) is 0 Å². The summed E-state index contributed by atoms with van der Waals surface area (Å²) < 4.78 is 0. The van der Waals surface area contributed by atoms with E-state index in [-0.39, 0.29) is 5.69 Å². The van der Waals surface area contributed by atoms with Gasteiger partial charge in [-0.2, -0.15) is 0 Å². The molecule has 0 heterocycles. The molecule has 0 aliphatic heterocycles. The average Bonchev–Trinajstić information content (AvgIpc) is 2.20. The Labute approximate surface area is 88.3 Å². The number of hydrogen-bond acceptors (Lipinski definition) is 4. The van der Waals surface area contributed by atoms with Gasteiger partial charge in [0.15, 0.2) is 0 Å². The van der Waals surface area contributed by atoms with Gasteiger partial charge in [0.05, 0.1) is 10.6 Å². The summed E-state index contributed by atoms with van der Waals surface area (Å²) in [5.74, 6) is 0. The Hall–Kier alpha value is -1.43. The highest BCUT2D eigenvalue weighted by Crippen LogP contribution is 2.13. The molecule has 0 aromatic heterocycles. The van der Waals surface area contributed by atoms with Crippen molar-refractivity contribution in [3.63, 3.8) is 0 Å². The Morgan fingerprint density at radius 1 is 1.50 bits per heavy atom. The second kappa shape index (κ2) is 4.71. The Balaban J connectivity index is 2.99. The Morgan fingerprint density at radius 3 is 2.43 bits per heavy atom. The lowest BCUT2D eigenvalue weighted by molar-refractivity contribution is -0.384. The molecule has 0 spiro atoms. The number of benzene rings is 1. The van der Waals surface area contributed by atoms with E-state index < -0.39 is 4.92 Å². The number of halogens is 1. The molecule has 0 amide bonds. The van der Waals surface area contributed by atoms with Crippen molar-refractivity contribution in [2.24, 2.45) is 5.16 Å². The van der Waals surface area contributed by atoms with Gasteiger partial charge >= 0.3 is 0 Å². The van der Waals surface area contributed by atoms with E-state index in [0.717, 1.165) is 0 Å². The van der Waals surface area contributed by atoms with E-state index in [1.165, 1.54) is 24.3 Å². The number of hydrogen-bond donors (Lipinski definition) is 1. The fourth-order valence-electron chi connectivity index (χ4n) is 0.937. The first-order chi connectivity index (χ1) is 6.69. The highest BCUT2D eigenvalue weighted by atomic mass is 79.9. The van der Waals surface area contributed by atoms with Crippen molar-refractivity contribution in [1.82, 2.24) is 0 Å². The lowest BCUT2D eigenvalue weighted by Crippen LogP contribution is -2.02. The molecule has 0 bridgehead atoms. The average molecular weight is 259 g/mol. The maximum Gasteiger partial charge on any atom is 0.269 e. The van der Waals surface area contributed by atoms with E-state index >= 15 is 0 Å². The third-order valence-electron chi connectivity index (χ3n) is 1.66. The second-order valence-electron chi connectivity index (χ2n) is 2.48. The van der Waals surface area contributed by atoms with Crippen LogP contribution in [-0.2, 0) is 0 Å². The Bertz CT molecular complexity index is 361. The normalized spacial score (nSPS) is 11.4. The lowest BCUT2D eigenvalue weighted by atomic mass is 10.1. The summed E-state index contributed by atoms with van der Waals surface area (Å²) in [7, 11) is 0. The molecule has 0 unspecified atom stereocenters. The summed E-state index contributed by atoms with van der Waals surface area (Å²) in [6, 6.07) is 5.80. The molecule has 0 aliphatic rings. The fraction of sp³-hybridized carbons (Fsp3) is 0.125. The summed E-state index contributed by atoms with van der Waals surface area (Å²) in [6.07, 6.45) is 0. The number of oxime groups is 1. The van der Waals surface area contributed by atoms with Crippen LogP contribution >= 0.6 is 15.9 Å². The van der Waals surface area contributed by atoms with Crippen LogP contribution in [-0.4, -0.2) is 21.2 Å².